The summed E-state index contributed by atoms with van der Waals surface area (Å²) in [4.78, 5) is 28.0. The van der Waals surface area contributed by atoms with E-state index in [0.717, 1.165) is 22.5 Å². The molecule has 0 aliphatic heterocycles. The Morgan fingerprint density at radius 2 is 1.54 bits per heavy atom. The molecule has 6 nitrogen and oxygen atoms in total. The largest absolute Gasteiger partial charge is 0.340 e. The summed E-state index contributed by atoms with van der Waals surface area (Å²) in [7, 11) is 0. The molecule has 0 radical (unpaired) electrons. The zero-order chi connectivity index (χ0) is 20.1. The van der Waals surface area contributed by atoms with E-state index in [-0.39, 0.29) is 11.8 Å². The number of hydrogen-bond acceptors (Lipinski definition) is 4. The van der Waals surface area contributed by atoms with Gasteiger partial charge in [-0.05, 0) is 55.3 Å². The fourth-order valence-corrected chi connectivity index (χ4v) is 2.83. The number of rotatable bonds is 5. The van der Waals surface area contributed by atoms with Crippen molar-refractivity contribution in [3.8, 4) is 0 Å². The molecule has 1 heterocycles. The van der Waals surface area contributed by atoms with E-state index in [9.17, 15) is 9.59 Å². The summed E-state index contributed by atoms with van der Waals surface area (Å²) in [6, 6.07) is 16.7. The Bertz CT molecular complexity index is 993. The molecule has 6 heteroatoms. The molecule has 0 saturated heterocycles. The van der Waals surface area contributed by atoms with Gasteiger partial charge in [0, 0.05) is 30.2 Å². The molecule has 3 N–H and O–H groups in total. The van der Waals surface area contributed by atoms with E-state index in [1.807, 2.05) is 50.2 Å². The van der Waals surface area contributed by atoms with Crippen molar-refractivity contribution >= 4 is 34.7 Å². The first-order chi connectivity index (χ1) is 13.4. The number of para-hydroxylation sites is 1. The van der Waals surface area contributed by atoms with Crippen LogP contribution in [0.1, 0.15) is 28.4 Å². The van der Waals surface area contributed by atoms with Crippen molar-refractivity contribution in [3.63, 3.8) is 0 Å². The molecule has 1 aromatic heterocycles. The van der Waals surface area contributed by atoms with E-state index in [0.29, 0.717) is 17.1 Å². The van der Waals surface area contributed by atoms with E-state index in [4.69, 9.17) is 0 Å². The topological polar surface area (TPSA) is 83.1 Å². The lowest BCUT2D eigenvalue weighted by Crippen LogP contribution is -2.14. The maximum absolute atomic E-state index is 12.5. The predicted octanol–water partition coefficient (Wildman–Crippen LogP) is 4.65. The average Bonchev–Trinajstić information content (AvgIpc) is 2.65. The quantitative estimate of drug-likeness (QED) is 0.607. The number of aryl methyl sites for hydroxylation is 2. The van der Waals surface area contributed by atoms with Gasteiger partial charge in [-0.3, -0.25) is 9.59 Å². The third kappa shape index (κ3) is 4.73. The first-order valence-corrected chi connectivity index (χ1v) is 8.90. The van der Waals surface area contributed by atoms with Crippen LogP contribution in [0.2, 0.25) is 0 Å². The third-order valence-corrected chi connectivity index (χ3v) is 4.20. The molecule has 28 heavy (non-hydrogen) atoms. The van der Waals surface area contributed by atoms with Crippen molar-refractivity contribution in [1.82, 2.24) is 4.98 Å². The highest BCUT2D eigenvalue weighted by Crippen LogP contribution is 2.21. The number of anilines is 4. The monoisotopic (exact) mass is 374 g/mol. The van der Waals surface area contributed by atoms with E-state index < -0.39 is 0 Å². The molecule has 3 rings (SSSR count). The maximum Gasteiger partial charge on any atom is 0.257 e. The average molecular weight is 374 g/mol. The Labute approximate surface area is 164 Å². The van der Waals surface area contributed by atoms with Crippen LogP contribution in [0, 0.1) is 13.8 Å². The van der Waals surface area contributed by atoms with Crippen molar-refractivity contribution in [3.05, 3.63) is 77.5 Å². The van der Waals surface area contributed by atoms with Crippen molar-refractivity contribution in [2.45, 2.75) is 20.8 Å². The van der Waals surface area contributed by atoms with Gasteiger partial charge in [-0.1, -0.05) is 24.3 Å². The van der Waals surface area contributed by atoms with Crippen molar-refractivity contribution < 1.29 is 9.59 Å². The number of amides is 2. The molecule has 0 spiro atoms. The normalized spacial score (nSPS) is 10.2. The van der Waals surface area contributed by atoms with Gasteiger partial charge in [0.25, 0.3) is 5.91 Å². The summed E-state index contributed by atoms with van der Waals surface area (Å²) in [6.45, 7) is 5.38. The number of pyridine rings is 1. The van der Waals surface area contributed by atoms with Crippen LogP contribution in [-0.4, -0.2) is 16.8 Å². The Hall–Kier alpha value is -3.67. The first-order valence-electron chi connectivity index (χ1n) is 8.90. The fraction of sp³-hybridized carbons (Fsp3) is 0.136. The minimum absolute atomic E-state index is 0.130. The van der Waals surface area contributed by atoms with E-state index in [2.05, 4.69) is 20.9 Å². The molecular weight excluding hydrogens is 352 g/mol. The maximum atomic E-state index is 12.5. The summed E-state index contributed by atoms with van der Waals surface area (Å²) in [5.41, 5.74) is 4.80. The van der Waals surface area contributed by atoms with Crippen LogP contribution in [0.3, 0.4) is 0 Å². The molecule has 2 amide bonds. The molecule has 0 fully saturated rings. The molecule has 0 unspecified atom stereocenters. The Morgan fingerprint density at radius 1 is 0.857 bits per heavy atom. The van der Waals surface area contributed by atoms with Gasteiger partial charge in [0.1, 0.15) is 5.82 Å². The number of benzene rings is 2. The molecule has 0 bridgehead atoms. The van der Waals surface area contributed by atoms with Crippen LogP contribution in [0.25, 0.3) is 0 Å². The summed E-state index contributed by atoms with van der Waals surface area (Å²) in [5, 5.41) is 8.84. The lowest BCUT2D eigenvalue weighted by molar-refractivity contribution is -0.114. The standard InChI is InChI=1S/C22H22N4O2/c1-14-6-4-7-15(2)21(14)26-22(28)17-10-11-20(23-13-17)25-19-9-5-8-18(12-19)24-16(3)27/h4-13H,1-3H3,(H,23,25)(H,24,27)(H,26,28). The first kappa shape index (κ1) is 19.1. The Morgan fingerprint density at radius 3 is 2.18 bits per heavy atom. The fourth-order valence-electron chi connectivity index (χ4n) is 2.83. The third-order valence-electron chi connectivity index (χ3n) is 4.20. The second-order valence-electron chi connectivity index (χ2n) is 6.54. The van der Waals surface area contributed by atoms with Gasteiger partial charge in [-0.15, -0.1) is 0 Å². The zero-order valence-corrected chi connectivity index (χ0v) is 16.0. The number of carbonyl (C=O) groups excluding carboxylic acids is 2. The Kier molecular flexibility index (Phi) is 5.69. The van der Waals surface area contributed by atoms with Gasteiger partial charge in [-0.2, -0.15) is 0 Å². The second-order valence-corrected chi connectivity index (χ2v) is 6.54. The van der Waals surface area contributed by atoms with Gasteiger partial charge < -0.3 is 16.0 Å². The summed E-state index contributed by atoms with van der Waals surface area (Å²) < 4.78 is 0. The number of aromatic nitrogens is 1. The van der Waals surface area contributed by atoms with E-state index in [1.54, 1.807) is 18.2 Å². The highest BCUT2D eigenvalue weighted by Gasteiger charge is 2.10. The van der Waals surface area contributed by atoms with Crippen LogP contribution in [-0.2, 0) is 4.79 Å². The van der Waals surface area contributed by atoms with E-state index >= 15 is 0 Å². The molecule has 0 aliphatic carbocycles. The highest BCUT2D eigenvalue weighted by atomic mass is 16.2. The number of hydrogen-bond donors (Lipinski definition) is 3. The van der Waals surface area contributed by atoms with Crippen molar-refractivity contribution in [2.24, 2.45) is 0 Å². The minimum Gasteiger partial charge on any atom is -0.340 e. The van der Waals surface area contributed by atoms with Gasteiger partial charge >= 0.3 is 0 Å². The van der Waals surface area contributed by atoms with Gasteiger partial charge in [0.05, 0.1) is 5.56 Å². The van der Waals surface area contributed by atoms with Crippen LogP contribution in [0.15, 0.2) is 60.8 Å². The van der Waals surface area contributed by atoms with Gasteiger partial charge in [0.2, 0.25) is 5.91 Å². The van der Waals surface area contributed by atoms with E-state index in [1.165, 1.54) is 13.1 Å². The lowest BCUT2D eigenvalue weighted by atomic mass is 10.1. The van der Waals surface area contributed by atoms with Crippen molar-refractivity contribution in [2.75, 3.05) is 16.0 Å². The number of carbonyl (C=O) groups is 2. The molecule has 3 aromatic rings. The molecular formula is C22H22N4O2. The lowest BCUT2D eigenvalue weighted by Gasteiger charge is -2.12. The number of nitrogens with one attached hydrogen (secondary N) is 3. The zero-order valence-electron chi connectivity index (χ0n) is 16.0. The summed E-state index contributed by atoms with van der Waals surface area (Å²) >= 11 is 0. The summed E-state index contributed by atoms with van der Waals surface area (Å²) in [5.74, 6) is 0.266. The molecule has 142 valence electrons. The molecule has 0 saturated carbocycles. The predicted molar refractivity (Wildman–Crippen MR) is 112 cm³/mol. The van der Waals surface area contributed by atoms with Crippen LogP contribution in [0.4, 0.5) is 22.9 Å². The van der Waals surface area contributed by atoms with Crippen LogP contribution >= 0.6 is 0 Å². The molecule has 0 aliphatic rings. The second kappa shape index (κ2) is 8.35. The van der Waals surface area contributed by atoms with Crippen LogP contribution in [0.5, 0.6) is 0 Å². The smallest absolute Gasteiger partial charge is 0.257 e. The van der Waals surface area contributed by atoms with Crippen LogP contribution < -0.4 is 16.0 Å². The molecule has 2 aromatic carbocycles. The summed E-state index contributed by atoms with van der Waals surface area (Å²) in [6.07, 6.45) is 1.53. The van der Waals surface area contributed by atoms with Gasteiger partial charge in [-0.25, -0.2) is 4.98 Å². The Balaban J connectivity index is 1.70. The van der Waals surface area contributed by atoms with Crippen molar-refractivity contribution in [1.29, 1.82) is 0 Å². The molecule has 0 atom stereocenters. The minimum atomic E-state index is -0.205. The highest BCUT2D eigenvalue weighted by molar-refractivity contribution is 6.05. The number of nitrogens with zero attached hydrogens (tertiary/aromatic N) is 1. The van der Waals surface area contributed by atoms with Gasteiger partial charge in [0.15, 0.2) is 0 Å². The SMILES string of the molecule is CC(=O)Nc1cccc(Nc2ccc(C(=O)Nc3c(C)cccc3C)cn2)c1.